The maximum Gasteiger partial charge on any atom is 0.233 e. The lowest BCUT2D eigenvalue weighted by Gasteiger charge is -2.28. The van der Waals surface area contributed by atoms with Crippen LogP contribution in [0.25, 0.3) is 33.3 Å². The van der Waals surface area contributed by atoms with Crippen molar-refractivity contribution >= 4 is 16.6 Å². The average Bonchev–Trinajstić information content (AvgIpc) is 3.33. The SMILES string of the molecule is c1cc(N2CCOCC2)ccc1-c1ccc2[nH]cc(-c3cncc(O[C@@H]4CCCNC4)n3)c2c1. The minimum atomic E-state index is 0.147. The molecule has 2 saturated heterocycles. The van der Waals surface area contributed by atoms with Gasteiger partial charge in [-0.25, -0.2) is 4.98 Å². The van der Waals surface area contributed by atoms with E-state index in [4.69, 9.17) is 14.5 Å². The molecule has 0 radical (unpaired) electrons. The van der Waals surface area contributed by atoms with Crippen LogP contribution in [0.5, 0.6) is 5.88 Å². The highest BCUT2D eigenvalue weighted by Crippen LogP contribution is 2.32. The standard InChI is InChI=1S/C27H29N5O2/c1-2-22(15-28-9-1)34-27-18-29-17-26(31-27)24-16-30-25-8-5-20(14-23(24)25)19-3-6-21(7-4-19)32-10-12-33-13-11-32/h3-8,14,16-18,22,28,30H,1-2,9-13,15H2/t22-/m1/s1. The van der Waals surface area contributed by atoms with Gasteiger partial charge in [0.15, 0.2) is 0 Å². The first-order chi connectivity index (χ1) is 16.8. The summed E-state index contributed by atoms with van der Waals surface area (Å²) >= 11 is 0. The van der Waals surface area contributed by atoms with Crippen molar-refractivity contribution in [2.24, 2.45) is 0 Å². The van der Waals surface area contributed by atoms with E-state index in [0.717, 1.165) is 74.4 Å². The van der Waals surface area contributed by atoms with Gasteiger partial charge in [0.05, 0.1) is 31.3 Å². The molecule has 2 aromatic heterocycles. The Morgan fingerprint density at radius 2 is 1.85 bits per heavy atom. The Hall–Kier alpha value is -3.42. The fourth-order valence-electron chi connectivity index (χ4n) is 4.82. The second-order valence-corrected chi connectivity index (χ2v) is 8.94. The number of hydrogen-bond acceptors (Lipinski definition) is 6. The molecule has 0 bridgehead atoms. The van der Waals surface area contributed by atoms with Gasteiger partial charge in [-0.15, -0.1) is 0 Å². The molecule has 7 nitrogen and oxygen atoms in total. The number of hydrogen-bond donors (Lipinski definition) is 2. The molecule has 0 saturated carbocycles. The summed E-state index contributed by atoms with van der Waals surface area (Å²) in [5.74, 6) is 0.579. The first kappa shape index (κ1) is 21.1. The fourth-order valence-corrected chi connectivity index (χ4v) is 4.82. The summed E-state index contributed by atoms with van der Waals surface area (Å²) in [7, 11) is 0. The van der Waals surface area contributed by atoms with Crippen molar-refractivity contribution in [3.05, 3.63) is 61.1 Å². The predicted octanol–water partition coefficient (Wildman–Crippen LogP) is 4.26. The summed E-state index contributed by atoms with van der Waals surface area (Å²) in [6.07, 6.45) is 7.82. The molecule has 4 heterocycles. The van der Waals surface area contributed by atoms with Crippen LogP contribution in [0.1, 0.15) is 12.8 Å². The quantitative estimate of drug-likeness (QED) is 0.468. The number of ether oxygens (including phenoxy) is 2. The molecule has 2 N–H and O–H groups in total. The number of rotatable bonds is 5. The lowest BCUT2D eigenvalue weighted by molar-refractivity contribution is 0.122. The van der Waals surface area contributed by atoms with Crippen molar-refractivity contribution in [2.45, 2.75) is 18.9 Å². The van der Waals surface area contributed by atoms with E-state index in [1.165, 1.54) is 16.8 Å². The molecule has 0 amide bonds. The van der Waals surface area contributed by atoms with Crippen LogP contribution in [0.15, 0.2) is 61.1 Å². The summed E-state index contributed by atoms with van der Waals surface area (Å²) in [4.78, 5) is 14.9. The summed E-state index contributed by atoms with van der Waals surface area (Å²) in [5, 5.41) is 4.50. The number of aromatic amines is 1. The first-order valence-corrected chi connectivity index (χ1v) is 12.1. The molecule has 34 heavy (non-hydrogen) atoms. The third-order valence-electron chi connectivity index (χ3n) is 6.69. The molecule has 0 unspecified atom stereocenters. The molecule has 2 aliphatic heterocycles. The molecule has 2 aromatic carbocycles. The number of H-pyrrole nitrogens is 1. The van der Waals surface area contributed by atoms with E-state index in [1.54, 1.807) is 12.4 Å². The lowest BCUT2D eigenvalue weighted by Crippen LogP contribution is -2.37. The van der Waals surface area contributed by atoms with Crippen LogP contribution in [0.3, 0.4) is 0 Å². The van der Waals surface area contributed by atoms with Crippen LogP contribution >= 0.6 is 0 Å². The third kappa shape index (κ3) is 4.36. The molecule has 2 fully saturated rings. The summed E-state index contributed by atoms with van der Waals surface area (Å²) in [6, 6.07) is 15.3. The highest BCUT2D eigenvalue weighted by molar-refractivity contribution is 5.97. The van der Waals surface area contributed by atoms with Gasteiger partial charge >= 0.3 is 0 Å². The second kappa shape index (κ2) is 9.44. The molecule has 4 aromatic rings. The second-order valence-electron chi connectivity index (χ2n) is 8.94. The minimum absolute atomic E-state index is 0.147. The highest BCUT2D eigenvalue weighted by atomic mass is 16.5. The number of morpholine rings is 1. The molecule has 174 valence electrons. The highest BCUT2D eigenvalue weighted by Gasteiger charge is 2.17. The van der Waals surface area contributed by atoms with Crippen LogP contribution in [-0.4, -0.2) is 60.4 Å². The van der Waals surface area contributed by atoms with Gasteiger partial charge in [0.25, 0.3) is 0 Å². The van der Waals surface area contributed by atoms with Crippen LogP contribution in [0.4, 0.5) is 5.69 Å². The first-order valence-electron chi connectivity index (χ1n) is 12.1. The van der Waals surface area contributed by atoms with Crippen molar-refractivity contribution in [2.75, 3.05) is 44.3 Å². The molecule has 1 atom stereocenters. The summed E-state index contributed by atoms with van der Waals surface area (Å²) in [5.41, 5.74) is 6.53. The van der Waals surface area contributed by atoms with E-state index < -0.39 is 0 Å². The third-order valence-corrected chi connectivity index (χ3v) is 6.69. The Bertz CT molecular complexity index is 1260. The normalized spacial score (nSPS) is 18.8. The molecule has 2 aliphatic rings. The number of piperidine rings is 1. The number of anilines is 1. The molecular weight excluding hydrogens is 426 g/mol. The predicted molar refractivity (Wildman–Crippen MR) is 134 cm³/mol. The summed E-state index contributed by atoms with van der Waals surface area (Å²) < 4.78 is 11.6. The van der Waals surface area contributed by atoms with E-state index in [9.17, 15) is 0 Å². The van der Waals surface area contributed by atoms with Crippen molar-refractivity contribution in [3.63, 3.8) is 0 Å². The Kier molecular flexibility index (Phi) is 5.87. The number of fused-ring (bicyclic) bond motifs is 1. The van der Waals surface area contributed by atoms with Crippen LogP contribution < -0.4 is 15.0 Å². The number of nitrogens with one attached hydrogen (secondary N) is 2. The lowest BCUT2D eigenvalue weighted by atomic mass is 10.0. The van der Waals surface area contributed by atoms with Gasteiger partial charge in [-0.05, 0) is 54.8 Å². The zero-order chi connectivity index (χ0) is 22.7. The molecule has 0 spiro atoms. The van der Waals surface area contributed by atoms with Gasteiger partial charge in [0.2, 0.25) is 5.88 Å². The Labute approximate surface area is 199 Å². The zero-order valence-electron chi connectivity index (χ0n) is 19.2. The van der Waals surface area contributed by atoms with Gasteiger partial charge in [0.1, 0.15) is 6.10 Å². The molecular formula is C27H29N5O2. The van der Waals surface area contributed by atoms with Crippen LogP contribution in [-0.2, 0) is 4.74 Å². The van der Waals surface area contributed by atoms with Crippen LogP contribution in [0.2, 0.25) is 0 Å². The number of benzene rings is 2. The van der Waals surface area contributed by atoms with E-state index in [-0.39, 0.29) is 6.10 Å². The van der Waals surface area contributed by atoms with Gasteiger partial charge < -0.3 is 24.7 Å². The number of nitrogens with zero attached hydrogens (tertiary/aromatic N) is 3. The van der Waals surface area contributed by atoms with Gasteiger partial charge in [-0.3, -0.25) is 4.98 Å². The van der Waals surface area contributed by atoms with Gasteiger partial charge in [-0.2, -0.15) is 0 Å². The minimum Gasteiger partial charge on any atom is -0.472 e. The van der Waals surface area contributed by atoms with Crippen molar-refractivity contribution in [1.29, 1.82) is 0 Å². The Morgan fingerprint density at radius 3 is 2.68 bits per heavy atom. The summed E-state index contributed by atoms with van der Waals surface area (Å²) in [6.45, 7) is 5.38. The smallest absolute Gasteiger partial charge is 0.233 e. The van der Waals surface area contributed by atoms with Crippen molar-refractivity contribution in [3.8, 4) is 28.3 Å². The average molecular weight is 456 g/mol. The fraction of sp³-hybridized carbons (Fsp3) is 0.333. The van der Waals surface area contributed by atoms with E-state index in [1.807, 2.05) is 6.20 Å². The van der Waals surface area contributed by atoms with E-state index in [2.05, 4.69) is 62.6 Å². The number of aromatic nitrogens is 3. The molecule has 0 aliphatic carbocycles. The van der Waals surface area contributed by atoms with E-state index in [0.29, 0.717) is 5.88 Å². The Balaban J connectivity index is 1.27. The maximum atomic E-state index is 6.10. The topological polar surface area (TPSA) is 75.3 Å². The van der Waals surface area contributed by atoms with Gasteiger partial charge in [0, 0.05) is 48.0 Å². The monoisotopic (exact) mass is 455 g/mol. The zero-order valence-corrected chi connectivity index (χ0v) is 19.2. The molecule has 7 heteroatoms. The van der Waals surface area contributed by atoms with Crippen LogP contribution in [0, 0.1) is 0 Å². The Morgan fingerprint density at radius 1 is 1.00 bits per heavy atom. The van der Waals surface area contributed by atoms with E-state index >= 15 is 0 Å². The van der Waals surface area contributed by atoms with Crippen molar-refractivity contribution < 1.29 is 9.47 Å². The van der Waals surface area contributed by atoms with Crippen molar-refractivity contribution in [1.82, 2.24) is 20.3 Å². The maximum absolute atomic E-state index is 6.10. The largest absolute Gasteiger partial charge is 0.472 e. The molecule has 6 rings (SSSR count). The van der Waals surface area contributed by atoms with Gasteiger partial charge in [-0.1, -0.05) is 18.2 Å².